The molecule has 0 aliphatic heterocycles. The molecule has 2 aliphatic carbocycles. The third kappa shape index (κ3) is 6.05. The Labute approximate surface area is 213 Å². The molecule has 0 bridgehead atoms. The van der Waals surface area contributed by atoms with Crippen molar-refractivity contribution in [3.8, 4) is 0 Å². The number of allylic oxidation sites excluding steroid dienone is 7. The van der Waals surface area contributed by atoms with Crippen LogP contribution in [0, 0.1) is 17.8 Å². The highest BCUT2D eigenvalue weighted by atomic mass is 32.2. The number of sulfonamides is 1. The second-order valence-corrected chi connectivity index (χ2v) is 12.6. The van der Waals surface area contributed by atoms with Crippen molar-refractivity contribution in [2.24, 2.45) is 20.4 Å². The molecule has 0 fully saturated rings. The summed E-state index contributed by atoms with van der Waals surface area (Å²) in [5.74, 6) is -0.636. The van der Waals surface area contributed by atoms with Crippen LogP contribution in [0.2, 0.25) is 0 Å². The van der Waals surface area contributed by atoms with Crippen LogP contribution in [-0.4, -0.2) is 31.4 Å². The normalized spacial score (nSPS) is 18.4. The molecule has 0 amide bonds. The van der Waals surface area contributed by atoms with Gasteiger partial charge in [0.2, 0.25) is 11.5 Å². The topological polar surface area (TPSA) is 102 Å². The quantitative estimate of drug-likeness (QED) is 0.398. The molecule has 0 spiro atoms. The molecule has 0 unspecified atom stereocenters. The van der Waals surface area contributed by atoms with Gasteiger partial charge in [-0.2, -0.15) is 12.8 Å². The summed E-state index contributed by atoms with van der Waals surface area (Å²) in [5.41, 5.74) is 1.95. The number of hydrogen-bond acceptors (Lipinski definition) is 6. The van der Waals surface area contributed by atoms with Crippen LogP contribution in [0.1, 0.15) is 54.0 Å². The van der Waals surface area contributed by atoms with Crippen LogP contribution in [0.25, 0.3) is 0 Å². The molecule has 0 saturated heterocycles. The van der Waals surface area contributed by atoms with Crippen molar-refractivity contribution in [3.63, 3.8) is 0 Å². The number of Topliss-reactive ketones (excluding diaryl/α,β-unsaturated/α-hetero) is 2. The van der Waals surface area contributed by atoms with Gasteiger partial charge in [0.15, 0.2) is 5.78 Å². The predicted molar refractivity (Wildman–Crippen MR) is 141 cm³/mol. The molecule has 0 radical (unpaired) electrons. The predicted octanol–water partition coefficient (Wildman–Crippen LogP) is 5.44. The number of benzene rings is 1. The lowest BCUT2D eigenvalue weighted by Crippen LogP contribution is -2.29. The highest BCUT2D eigenvalue weighted by Gasteiger charge is 2.34. The first kappa shape index (κ1) is 27.2. The monoisotopic (exact) mass is 508 g/mol. The van der Waals surface area contributed by atoms with Crippen molar-refractivity contribution in [2.75, 3.05) is 0 Å². The van der Waals surface area contributed by atoms with Crippen LogP contribution in [0.5, 0.6) is 0 Å². The molecule has 1 aromatic rings. The molecule has 36 heavy (non-hydrogen) atoms. The summed E-state index contributed by atoms with van der Waals surface area (Å²) in [4.78, 5) is 31.4. The molecule has 0 saturated carbocycles. The van der Waals surface area contributed by atoms with Gasteiger partial charge in [-0.05, 0) is 55.0 Å². The van der Waals surface area contributed by atoms with Crippen LogP contribution in [0.3, 0.4) is 0 Å². The van der Waals surface area contributed by atoms with Gasteiger partial charge in [0.1, 0.15) is 5.71 Å². The van der Waals surface area contributed by atoms with Crippen molar-refractivity contribution >= 4 is 33.0 Å². The van der Waals surface area contributed by atoms with E-state index in [1.807, 2.05) is 48.5 Å². The van der Waals surface area contributed by atoms with E-state index in [9.17, 15) is 18.0 Å². The van der Waals surface area contributed by atoms with Gasteiger partial charge in [-0.3, -0.25) is 9.59 Å². The molecular weight excluding hydrogens is 476 g/mol. The van der Waals surface area contributed by atoms with E-state index in [1.165, 1.54) is 24.3 Å². The number of carbonyl (C=O) groups is 2. The van der Waals surface area contributed by atoms with Gasteiger partial charge in [-0.1, -0.05) is 64.4 Å². The van der Waals surface area contributed by atoms with Crippen LogP contribution in [-0.2, 0) is 24.4 Å². The van der Waals surface area contributed by atoms with Crippen molar-refractivity contribution < 1.29 is 22.8 Å². The number of hydrogen-bond donors (Lipinski definition) is 0. The first-order valence-corrected chi connectivity index (χ1v) is 13.0. The summed E-state index contributed by atoms with van der Waals surface area (Å²) in [6.45, 7) is 15.1. The van der Waals surface area contributed by atoms with E-state index in [-0.39, 0.29) is 27.7 Å². The Kier molecular flexibility index (Phi) is 7.24. The number of aryl methyl sites for hydroxylation is 1. The average molecular weight is 509 g/mol. The summed E-state index contributed by atoms with van der Waals surface area (Å²) >= 11 is 0. The largest absolute Gasteiger partial charge is 0.352 e. The van der Waals surface area contributed by atoms with Gasteiger partial charge in [0.25, 0.3) is 10.0 Å². The fourth-order valence-electron chi connectivity index (χ4n) is 3.63. The van der Waals surface area contributed by atoms with Crippen molar-refractivity contribution in [1.82, 2.24) is 0 Å². The minimum atomic E-state index is -3.99. The number of carbonyl (C=O) groups excluding carboxylic acids is 2. The highest BCUT2D eigenvalue weighted by Crippen LogP contribution is 2.37. The minimum absolute atomic E-state index is 0.0450. The Hall–Kier alpha value is -3.39. The van der Waals surface area contributed by atoms with Crippen molar-refractivity contribution in [2.45, 2.75) is 60.3 Å². The number of ketones is 2. The first-order chi connectivity index (χ1) is 16.5. The zero-order valence-electron chi connectivity index (χ0n) is 22.0. The van der Waals surface area contributed by atoms with Gasteiger partial charge < -0.3 is 4.84 Å². The molecule has 0 aromatic heterocycles. The molecule has 7 nitrogen and oxygen atoms in total. The SMILES string of the molecule is CC1=C/C(=N\S(=O)(=O)c2ccc(C)cc2)C=C(ON=C2C=C(C(C)(C)C)C(=O)C(C(C)(C)C)=C2)C1=O. The third-order valence-corrected chi connectivity index (χ3v) is 7.03. The van der Waals surface area contributed by atoms with E-state index in [4.69, 9.17) is 4.84 Å². The molecule has 2 aliphatic rings. The molecule has 0 N–H and O–H groups in total. The standard InChI is InChI=1S/C28H32N2O5S/c1-17-9-11-21(12-10-17)36(33,34)30-20-13-18(2)25(31)24(16-20)35-29-19-14-22(27(3,4)5)26(32)23(15-19)28(6,7)8/h9-16H,1-8H3/b30-20+. The maximum atomic E-state index is 13.1. The maximum Gasteiger partial charge on any atom is 0.282 e. The fourth-order valence-corrected chi connectivity index (χ4v) is 4.60. The summed E-state index contributed by atoms with van der Waals surface area (Å²) in [6.07, 6.45) is 5.96. The van der Waals surface area contributed by atoms with E-state index in [2.05, 4.69) is 9.55 Å². The molecule has 190 valence electrons. The molecule has 1 aromatic carbocycles. The van der Waals surface area contributed by atoms with Crippen LogP contribution >= 0.6 is 0 Å². The minimum Gasteiger partial charge on any atom is -0.352 e. The Morgan fingerprint density at radius 2 is 1.25 bits per heavy atom. The lowest BCUT2D eigenvalue weighted by molar-refractivity contribution is -0.115. The van der Waals surface area contributed by atoms with Crippen LogP contribution < -0.4 is 0 Å². The molecule has 8 heteroatoms. The van der Waals surface area contributed by atoms with E-state index in [1.54, 1.807) is 31.2 Å². The van der Waals surface area contributed by atoms with Gasteiger partial charge in [0, 0.05) is 22.8 Å². The number of rotatable bonds is 4. The van der Waals surface area contributed by atoms with Crippen LogP contribution in [0.4, 0.5) is 0 Å². The second kappa shape index (κ2) is 9.58. The second-order valence-electron chi connectivity index (χ2n) is 11.0. The van der Waals surface area contributed by atoms with Crippen molar-refractivity contribution in [1.29, 1.82) is 0 Å². The van der Waals surface area contributed by atoms with Gasteiger partial charge in [-0.25, -0.2) is 0 Å². The zero-order chi connectivity index (χ0) is 27.1. The van der Waals surface area contributed by atoms with E-state index in [0.29, 0.717) is 16.9 Å². The van der Waals surface area contributed by atoms with Gasteiger partial charge >= 0.3 is 0 Å². The van der Waals surface area contributed by atoms with Crippen molar-refractivity contribution in [3.05, 3.63) is 76.6 Å². The lowest BCUT2D eigenvalue weighted by atomic mass is 9.72. The van der Waals surface area contributed by atoms with E-state index >= 15 is 0 Å². The van der Waals surface area contributed by atoms with E-state index in [0.717, 1.165) is 5.56 Å². The smallest absolute Gasteiger partial charge is 0.282 e. The zero-order valence-corrected chi connectivity index (χ0v) is 22.8. The molecule has 3 rings (SSSR count). The Bertz CT molecular complexity index is 1370. The Morgan fingerprint density at radius 3 is 1.75 bits per heavy atom. The fraction of sp³-hybridized carbons (Fsp3) is 0.357. The van der Waals surface area contributed by atoms with Gasteiger partial charge in [0.05, 0.1) is 10.6 Å². The summed E-state index contributed by atoms with van der Waals surface area (Å²) in [6, 6.07) is 6.34. The third-order valence-electron chi connectivity index (χ3n) is 5.71. The Balaban J connectivity index is 2.00. The maximum absolute atomic E-state index is 13.1. The molecular formula is C28H32N2O5S. The lowest BCUT2D eigenvalue weighted by Gasteiger charge is -2.30. The first-order valence-electron chi connectivity index (χ1n) is 11.6. The summed E-state index contributed by atoms with van der Waals surface area (Å²) in [7, 11) is -3.99. The molecule has 0 atom stereocenters. The van der Waals surface area contributed by atoms with Gasteiger partial charge in [-0.15, -0.1) is 0 Å². The Morgan fingerprint density at radius 1 is 0.722 bits per heavy atom. The summed E-state index contributed by atoms with van der Waals surface area (Å²) in [5, 5.41) is 4.14. The summed E-state index contributed by atoms with van der Waals surface area (Å²) < 4.78 is 29.4. The number of nitrogens with zero attached hydrogens (tertiary/aromatic N) is 2. The van der Waals surface area contributed by atoms with E-state index < -0.39 is 26.6 Å². The molecule has 0 heterocycles. The number of oxime groups is 1. The highest BCUT2D eigenvalue weighted by molar-refractivity contribution is 7.90. The van der Waals surface area contributed by atoms with Crippen LogP contribution in [0.15, 0.2) is 85.5 Å². The average Bonchev–Trinajstić information content (AvgIpc) is 2.74.